The summed E-state index contributed by atoms with van der Waals surface area (Å²) in [5.41, 5.74) is 0.381. The van der Waals surface area contributed by atoms with Gasteiger partial charge in [-0.05, 0) is 87.5 Å². The van der Waals surface area contributed by atoms with Crippen LogP contribution in [0.25, 0.3) is 0 Å². The van der Waals surface area contributed by atoms with Crippen LogP contribution in [0.4, 0.5) is 5.69 Å². The van der Waals surface area contributed by atoms with Gasteiger partial charge in [-0.1, -0.05) is 15.9 Å². The second kappa shape index (κ2) is 6.42. The molecule has 25 heavy (non-hydrogen) atoms. The molecule has 1 aromatic rings. The fourth-order valence-electron chi connectivity index (χ4n) is 5.48. The van der Waals surface area contributed by atoms with Crippen molar-refractivity contribution in [2.24, 2.45) is 23.2 Å². The molecule has 1 N–H and O–H groups in total. The van der Waals surface area contributed by atoms with Crippen LogP contribution in [0.5, 0.6) is 0 Å². The molecule has 0 spiro atoms. The molecule has 5 rings (SSSR count). The Hall–Kier alpha value is -1.36. The van der Waals surface area contributed by atoms with E-state index in [1.165, 1.54) is 19.3 Å². The van der Waals surface area contributed by atoms with Crippen molar-refractivity contribution >= 4 is 33.5 Å². The summed E-state index contributed by atoms with van der Waals surface area (Å²) in [5.74, 6) is 1.63. The maximum atomic E-state index is 12.9. The summed E-state index contributed by atoms with van der Waals surface area (Å²) < 4.78 is 6.58. The van der Waals surface area contributed by atoms with E-state index in [0.29, 0.717) is 23.4 Å². The molecule has 4 saturated carbocycles. The fourth-order valence-corrected chi connectivity index (χ4v) is 5.74. The lowest BCUT2D eigenvalue weighted by Crippen LogP contribution is -2.51. The van der Waals surface area contributed by atoms with E-state index in [-0.39, 0.29) is 17.3 Å². The number of halogens is 1. The summed E-state index contributed by atoms with van der Waals surface area (Å²) in [7, 11) is 0. The van der Waals surface area contributed by atoms with Gasteiger partial charge in [0, 0.05) is 10.2 Å². The number of benzene rings is 1. The number of anilines is 1. The third-order valence-corrected chi connectivity index (χ3v) is 6.76. The van der Waals surface area contributed by atoms with Gasteiger partial charge in [-0.15, -0.1) is 0 Å². The van der Waals surface area contributed by atoms with Gasteiger partial charge in [0.2, 0.25) is 0 Å². The van der Waals surface area contributed by atoms with Gasteiger partial charge in [0.25, 0.3) is 5.91 Å². The van der Waals surface area contributed by atoms with E-state index in [1.54, 1.807) is 6.92 Å². The zero-order valence-electron chi connectivity index (χ0n) is 14.5. The lowest BCUT2D eigenvalue weighted by Gasteiger charge is -2.55. The molecule has 4 bridgehead atoms. The summed E-state index contributed by atoms with van der Waals surface area (Å²) in [6.45, 7) is 1.66. The first-order valence-corrected chi connectivity index (χ1v) is 10.0. The number of hydrogen-bond donors (Lipinski definition) is 1. The van der Waals surface area contributed by atoms with E-state index < -0.39 is 6.10 Å². The van der Waals surface area contributed by atoms with Gasteiger partial charge in [-0.2, -0.15) is 0 Å². The minimum absolute atomic E-state index is 0.148. The molecule has 0 aliphatic heterocycles. The molecule has 5 heteroatoms. The largest absolute Gasteiger partial charge is 0.452 e. The monoisotopic (exact) mass is 405 g/mol. The van der Waals surface area contributed by atoms with Crippen molar-refractivity contribution in [2.45, 2.75) is 51.6 Å². The Labute approximate surface area is 156 Å². The third kappa shape index (κ3) is 3.35. The standard InChI is InChI=1S/C20H24BrNO3/c1-12(18(23)22-17-4-2-16(21)3-5-17)25-19(24)20-9-13-6-14(10-20)8-15(7-13)11-20/h2-5,12-15H,6-11H2,1H3,(H,22,23)/t12-,13?,14?,15?,20?/m0/s1. The van der Waals surface area contributed by atoms with Crippen LogP contribution in [-0.2, 0) is 14.3 Å². The molecule has 1 amide bonds. The molecular formula is C20H24BrNO3. The zero-order valence-corrected chi connectivity index (χ0v) is 16.1. The number of carbonyl (C=O) groups is 2. The van der Waals surface area contributed by atoms with Crippen molar-refractivity contribution < 1.29 is 14.3 Å². The summed E-state index contributed by atoms with van der Waals surface area (Å²) in [4.78, 5) is 25.3. The fraction of sp³-hybridized carbons (Fsp3) is 0.600. The van der Waals surface area contributed by atoms with Crippen LogP contribution in [-0.4, -0.2) is 18.0 Å². The molecular weight excluding hydrogens is 382 g/mol. The molecule has 4 nitrogen and oxygen atoms in total. The minimum atomic E-state index is -0.774. The Morgan fingerprint density at radius 3 is 2.12 bits per heavy atom. The van der Waals surface area contributed by atoms with E-state index >= 15 is 0 Å². The van der Waals surface area contributed by atoms with Crippen molar-refractivity contribution in [3.8, 4) is 0 Å². The molecule has 4 aliphatic rings. The normalized spacial score (nSPS) is 33.8. The van der Waals surface area contributed by atoms with Gasteiger partial charge >= 0.3 is 5.97 Å². The van der Waals surface area contributed by atoms with Crippen LogP contribution < -0.4 is 5.32 Å². The Morgan fingerprint density at radius 2 is 1.60 bits per heavy atom. The molecule has 0 saturated heterocycles. The lowest BCUT2D eigenvalue weighted by molar-refractivity contribution is -0.177. The van der Waals surface area contributed by atoms with Gasteiger partial charge in [-0.25, -0.2) is 0 Å². The van der Waals surface area contributed by atoms with Crippen molar-refractivity contribution in [2.75, 3.05) is 5.32 Å². The number of nitrogens with one attached hydrogen (secondary N) is 1. The summed E-state index contributed by atoms with van der Waals surface area (Å²) in [6.07, 6.45) is 5.95. The minimum Gasteiger partial charge on any atom is -0.452 e. The number of carbonyl (C=O) groups excluding carboxylic acids is 2. The van der Waals surface area contributed by atoms with Gasteiger partial charge in [0.15, 0.2) is 6.10 Å². The maximum Gasteiger partial charge on any atom is 0.312 e. The van der Waals surface area contributed by atoms with E-state index in [4.69, 9.17) is 4.74 Å². The van der Waals surface area contributed by atoms with E-state index in [1.807, 2.05) is 24.3 Å². The quantitative estimate of drug-likeness (QED) is 0.748. The van der Waals surface area contributed by atoms with Crippen molar-refractivity contribution in [1.29, 1.82) is 0 Å². The smallest absolute Gasteiger partial charge is 0.312 e. The predicted octanol–water partition coefficient (Wildman–Crippen LogP) is 4.54. The maximum absolute atomic E-state index is 12.9. The Kier molecular flexibility index (Phi) is 4.38. The van der Waals surface area contributed by atoms with Crippen LogP contribution in [0.1, 0.15) is 45.4 Å². The van der Waals surface area contributed by atoms with E-state index in [0.717, 1.165) is 23.7 Å². The van der Waals surface area contributed by atoms with Crippen LogP contribution in [0.3, 0.4) is 0 Å². The molecule has 0 unspecified atom stereocenters. The van der Waals surface area contributed by atoms with Crippen molar-refractivity contribution in [3.05, 3.63) is 28.7 Å². The van der Waals surface area contributed by atoms with E-state index in [2.05, 4.69) is 21.2 Å². The first-order valence-electron chi connectivity index (χ1n) is 9.21. The highest BCUT2D eigenvalue weighted by Gasteiger charge is 2.55. The summed E-state index contributed by atoms with van der Waals surface area (Å²) in [5, 5.41) is 2.81. The topological polar surface area (TPSA) is 55.4 Å². The highest BCUT2D eigenvalue weighted by atomic mass is 79.9. The van der Waals surface area contributed by atoms with Gasteiger partial charge in [-0.3, -0.25) is 9.59 Å². The van der Waals surface area contributed by atoms with Crippen LogP contribution in [0.2, 0.25) is 0 Å². The van der Waals surface area contributed by atoms with Crippen molar-refractivity contribution in [1.82, 2.24) is 0 Å². The highest BCUT2D eigenvalue weighted by molar-refractivity contribution is 9.10. The molecule has 0 heterocycles. The number of rotatable bonds is 4. The summed E-state index contributed by atoms with van der Waals surface area (Å²) in [6, 6.07) is 7.36. The van der Waals surface area contributed by atoms with Gasteiger partial charge < -0.3 is 10.1 Å². The molecule has 134 valence electrons. The van der Waals surface area contributed by atoms with Gasteiger partial charge in [0.1, 0.15) is 0 Å². The average molecular weight is 406 g/mol. The number of amides is 1. The molecule has 4 aliphatic carbocycles. The number of hydrogen-bond acceptors (Lipinski definition) is 3. The van der Waals surface area contributed by atoms with Crippen molar-refractivity contribution in [3.63, 3.8) is 0 Å². The summed E-state index contributed by atoms with van der Waals surface area (Å²) >= 11 is 3.37. The van der Waals surface area contributed by atoms with Gasteiger partial charge in [0.05, 0.1) is 5.41 Å². The second-order valence-corrected chi connectivity index (χ2v) is 9.16. The Balaban J connectivity index is 1.38. The SMILES string of the molecule is C[C@H](OC(=O)C12CC3CC(CC(C3)C1)C2)C(=O)Nc1ccc(Br)cc1. The molecule has 0 radical (unpaired) electrons. The lowest BCUT2D eigenvalue weighted by atomic mass is 9.49. The number of ether oxygens (including phenoxy) is 1. The molecule has 1 aromatic carbocycles. The molecule has 1 atom stereocenters. The Bertz CT molecular complexity index is 649. The molecule has 0 aromatic heterocycles. The first kappa shape index (κ1) is 17.1. The van der Waals surface area contributed by atoms with Crippen LogP contribution in [0.15, 0.2) is 28.7 Å². The zero-order chi connectivity index (χ0) is 17.6. The van der Waals surface area contributed by atoms with Crippen LogP contribution >= 0.6 is 15.9 Å². The molecule has 4 fully saturated rings. The second-order valence-electron chi connectivity index (χ2n) is 8.24. The predicted molar refractivity (Wildman–Crippen MR) is 98.9 cm³/mol. The average Bonchev–Trinajstić information content (AvgIpc) is 2.55. The first-order chi connectivity index (χ1) is 11.9. The van der Waals surface area contributed by atoms with Crippen LogP contribution in [0, 0.1) is 23.2 Å². The number of esters is 1. The van der Waals surface area contributed by atoms with E-state index in [9.17, 15) is 9.59 Å². The Morgan fingerprint density at radius 1 is 1.08 bits per heavy atom. The highest BCUT2D eigenvalue weighted by Crippen LogP contribution is 2.60. The third-order valence-electron chi connectivity index (χ3n) is 6.24.